The van der Waals surface area contributed by atoms with Crippen LogP contribution < -0.4 is 15.0 Å². The monoisotopic (exact) mass is 399 g/mol. The van der Waals surface area contributed by atoms with Crippen molar-refractivity contribution in [2.75, 3.05) is 16.8 Å². The lowest BCUT2D eigenvalue weighted by atomic mass is 10.1. The van der Waals surface area contributed by atoms with Gasteiger partial charge in [-0.15, -0.1) is 0 Å². The first kappa shape index (κ1) is 18.4. The van der Waals surface area contributed by atoms with Crippen LogP contribution in [0.15, 0.2) is 48.9 Å². The first-order valence-electron chi connectivity index (χ1n) is 8.96. The molecule has 4 rings (SSSR count). The number of anilines is 3. The van der Waals surface area contributed by atoms with E-state index in [1.165, 1.54) is 6.92 Å². The maximum atomic E-state index is 12.9. The summed E-state index contributed by atoms with van der Waals surface area (Å²) in [5, 5.41) is 3.95. The van der Waals surface area contributed by atoms with E-state index in [1.54, 1.807) is 24.7 Å². The molecule has 3 heterocycles. The van der Waals surface area contributed by atoms with Gasteiger partial charge in [-0.3, -0.25) is 0 Å². The van der Waals surface area contributed by atoms with Crippen LogP contribution in [0.5, 0.6) is 5.75 Å². The molecule has 6 nitrogen and oxygen atoms in total. The molecule has 1 N–H and O–H groups in total. The molecule has 0 amide bonds. The zero-order valence-electron chi connectivity index (χ0n) is 15.3. The number of hydrogen-bond acceptors (Lipinski definition) is 6. The van der Waals surface area contributed by atoms with Gasteiger partial charge < -0.3 is 15.0 Å². The van der Waals surface area contributed by atoms with Gasteiger partial charge in [0, 0.05) is 30.9 Å². The second kappa shape index (κ2) is 7.98. The van der Waals surface area contributed by atoms with E-state index in [1.807, 2.05) is 24.3 Å². The van der Waals surface area contributed by atoms with Crippen molar-refractivity contribution in [2.24, 2.45) is 0 Å². The number of benzene rings is 1. The lowest BCUT2D eigenvalue weighted by molar-refractivity contribution is 0.0861. The van der Waals surface area contributed by atoms with Gasteiger partial charge in [0.1, 0.15) is 23.7 Å². The second-order valence-electron chi connectivity index (χ2n) is 6.44. The molecule has 28 heavy (non-hydrogen) atoms. The van der Waals surface area contributed by atoms with E-state index in [2.05, 4.69) is 25.2 Å². The van der Waals surface area contributed by atoms with Crippen LogP contribution in [0.4, 0.5) is 21.7 Å². The van der Waals surface area contributed by atoms with Gasteiger partial charge in [-0.05, 0) is 42.8 Å². The smallest absolute Gasteiger partial charge is 0.235 e. The lowest BCUT2D eigenvalue weighted by Gasteiger charge is -2.30. The third-order valence-electron chi connectivity index (χ3n) is 4.46. The minimum atomic E-state index is -1.34. The Balaban J connectivity index is 1.52. The molecule has 1 aliphatic rings. The Labute approximate surface area is 167 Å². The van der Waals surface area contributed by atoms with Gasteiger partial charge in [0.2, 0.25) is 6.36 Å². The number of fused-ring (bicyclic) bond motifs is 1. The van der Waals surface area contributed by atoms with Crippen molar-refractivity contribution in [3.8, 4) is 5.75 Å². The number of hydrogen-bond donors (Lipinski definition) is 1. The minimum absolute atomic E-state index is 0.480. The number of nitrogens with zero attached hydrogens (tertiary/aromatic N) is 4. The summed E-state index contributed by atoms with van der Waals surface area (Å²) in [5.41, 5.74) is 2.86. The van der Waals surface area contributed by atoms with Crippen molar-refractivity contribution in [3.63, 3.8) is 0 Å². The van der Waals surface area contributed by atoms with Crippen LogP contribution in [0, 0.1) is 0 Å². The highest BCUT2D eigenvalue weighted by Crippen LogP contribution is 2.30. The molecule has 0 spiro atoms. The molecular weight excluding hydrogens is 381 g/mol. The SMILES string of the molecule is CC(F)Oc1ccc(Nc2ncnc3c2CCN(c2ncccc2Cl)C3)cc1. The number of pyridine rings is 1. The molecule has 0 saturated carbocycles. The third-order valence-corrected chi connectivity index (χ3v) is 4.76. The van der Waals surface area contributed by atoms with Gasteiger partial charge in [0.15, 0.2) is 0 Å². The predicted molar refractivity (Wildman–Crippen MR) is 107 cm³/mol. The van der Waals surface area contributed by atoms with Crippen LogP contribution in [0.25, 0.3) is 0 Å². The highest BCUT2D eigenvalue weighted by Gasteiger charge is 2.23. The topological polar surface area (TPSA) is 63.2 Å². The molecule has 0 radical (unpaired) electrons. The number of alkyl halides is 1. The van der Waals surface area contributed by atoms with E-state index in [9.17, 15) is 4.39 Å². The van der Waals surface area contributed by atoms with Gasteiger partial charge >= 0.3 is 0 Å². The average Bonchev–Trinajstić information content (AvgIpc) is 2.69. The number of halogens is 2. The van der Waals surface area contributed by atoms with Crippen molar-refractivity contribution in [1.29, 1.82) is 0 Å². The summed E-state index contributed by atoms with van der Waals surface area (Å²) in [4.78, 5) is 15.4. The van der Waals surface area contributed by atoms with Gasteiger partial charge in [-0.1, -0.05) is 11.6 Å². The van der Waals surface area contributed by atoms with E-state index in [0.29, 0.717) is 17.3 Å². The summed E-state index contributed by atoms with van der Waals surface area (Å²) in [6.45, 7) is 2.73. The fraction of sp³-hybridized carbons (Fsp3) is 0.250. The highest BCUT2D eigenvalue weighted by atomic mass is 35.5. The van der Waals surface area contributed by atoms with E-state index in [4.69, 9.17) is 16.3 Å². The zero-order chi connectivity index (χ0) is 19.5. The molecule has 1 atom stereocenters. The fourth-order valence-corrected chi connectivity index (χ4v) is 3.44. The molecule has 0 fully saturated rings. The maximum Gasteiger partial charge on any atom is 0.235 e. The predicted octanol–water partition coefficient (Wildman–Crippen LogP) is 4.53. The molecule has 0 aliphatic carbocycles. The molecule has 1 aromatic carbocycles. The Morgan fingerprint density at radius 2 is 2.00 bits per heavy atom. The second-order valence-corrected chi connectivity index (χ2v) is 6.85. The number of ether oxygens (including phenoxy) is 1. The molecule has 8 heteroatoms. The normalized spacial score (nSPS) is 14.3. The Morgan fingerprint density at radius 3 is 2.75 bits per heavy atom. The van der Waals surface area contributed by atoms with Crippen molar-refractivity contribution in [2.45, 2.75) is 26.2 Å². The molecule has 1 aliphatic heterocycles. The molecule has 144 valence electrons. The van der Waals surface area contributed by atoms with E-state index in [-0.39, 0.29) is 0 Å². The highest BCUT2D eigenvalue weighted by molar-refractivity contribution is 6.32. The van der Waals surface area contributed by atoms with E-state index in [0.717, 1.165) is 41.5 Å². The summed E-state index contributed by atoms with van der Waals surface area (Å²) in [6, 6.07) is 10.7. The van der Waals surface area contributed by atoms with Crippen LogP contribution in [0.1, 0.15) is 18.2 Å². The Bertz CT molecular complexity index is 967. The van der Waals surface area contributed by atoms with Crippen LogP contribution in [0.3, 0.4) is 0 Å². The Hall–Kier alpha value is -2.93. The Morgan fingerprint density at radius 1 is 1.18 bits per heavy atom. The standard InChI is InChI=1S/C20H19ClFN5O/c1-13(22)28-15-6-4-14(5-7-15)26-19-16-8-10-27(11-18(16)24-12-25-19)20-17(21)3-2-9-23-20/h2-7,9,12-13H,8,10-11H2,1H3,(H,24,25,26). The minimum Gasteiger partial charge on any atom is -0.461 e. The summed E-state index contributed by atoms with van der Waals surface area (Å²) in [6.07, 6.45) is 2.71. The van der Waals surface area contributed by atoms with Gasteiger partial charge in [0.05, 0.1) is 17.3 Å². The summed E-state index contributed by atoms with van der Waals surface area (Å²) in [5.74, 6) is 2.01. The Kier molecular flexibility index (Phi) is 5.25. The van der Waals surface area contributed by atoms with Crippen LogP contribution in [0.2, 0.25) is 5.02 Å². The van der Waals surface area contributed by atoms with E-state index >= 15 is 0 Å². The largest absolute Gasteiger partial charge is 0.461 e. The molecule has 1 unspecified atom stereocenters. The number of aromatic nitrogens is 3. The van der Waals surface area contributed by atoms with Gasteiger partial charge in [-0.25, -0.2) is 19.3 Å². The van der Waals surface area contributed by atoms with Crippen LogP contribution >= 0.6 is 11.6 Å². The molecule has 0 bridgehead atoms. The van der Waals surface area contributed by atoms with Crippen LogP contribution in [-0.2, 0) is 13.0 Å². The quantitative estimate of drug-likeness (QED) is 0.680. The summed E-state index contributed by atoms with van der Waals surface area (Å²) in [7, 11) is 0. The maximum absolute atomic E-state index is 12.9. The lowest BCUT2D eigenvalue weighted by Crippen LogP contribution is -2.32. The van der Waals surface area contributed by atoms with E-state index < -0.39 is 6.36 Å². The molecular formula is C20H19ClFN5O. The molecule has 0 saturated heterocycles. The zero-order valence-corrected chi connectivity index (χ0v) is 16.0. The number of nitrogens with one attached hydrogen (secondary N) is 1. The van der Waals surface area contributed by atoms with Crippen LogP contribution in [-0.4, -0.2) is 27.9 Å². The van der Waals surface area contributed by atoms with Crippen molar-refractivity contribution >= 4 is 28.9 Å². The van der Waals surface area contributed by atoms with Crippen molar-refractivity contribution in [3.05, 3.63) is 65.2 Å². The first-order chi connectivity index (χ1) is 13.6. The van der Waals surface area contributed by atoms with Crippen molar-refractivity contribution in [1.82, 2.24) is 15.0 Å². The van der Waals surface area contributed by atoms with Gasteiger partial charge in [-0.2, -0.15) is 0 Å². The average molecular weight is 400 g/mol. The molecule has 2 aromatic heterocycles. The van der Waals surface area contributed by atoms with Gasteiger partial charge in [0.25, 0.3) is 0 Å². The first-order valence-corrected chi connectivity index (χ1v) is 9.34. The summed E-state index contributed by atoms with van der Waals surface area (Å²) < 4.78 is 18.0. The summed E-state index contributed by atoms with van der Waals surface area (Å²) >= 11 is 6.28. The fourth-order valence-electron chi connectivity index (χ4n) is 3.19. The molecule has 3 aromatic rings. The third kappa shape index (κ3) is 3.99. The van der Waals surface area contributed by atoms with Crippen molar-refractivity contribution < 1.29 is 9.13 Å². The number of rotatable bonds is 5.